The summed E-state index contributed by atoms with van der Waals surface area (Å²) in [5, 5.41) is 7.81. The molecule has 0 radical (unpaired) electrons. The number of rotatable bonds is 5. The van der Waals surface area contributed by atoms with Gasteiger partial charge in [0.05, 0.1) is 5.56 Å². The summed E-state index contributed by atoms with van der Waals surface area (Å²) in [5.41, 5.74) is 3.09. The van der Waals surface area contributed by atoms with E-state index in [0.717, 1.165) is 16.9 Å². The Morgan fingerprint density at radius 3 is 2.48 bits per heavy atom. The van der Waals surface area contributed by atoms with Crippen LogP contribution < -0.4 is 26.4 Å². The molecule has 0 aliphatic carbocycles. The van der Waals surface area contributed by atoms with Gasteiger partial charge in [0.15, 0.2) is 0 Å². The summed E-state index contributed by atoms with van der Waals surface area (Å²) in [6, 6.07) is 10.1. The van der Waals surface area contributed by atoms with Crippen molar-refractivity contribution in [3.63, 3.8) is 0 Å². The predicted octanol–water partition coefficient (Wildman–Crippen LogP) is 2.81. The number of aromatic amines is 1. The van der Waals surface area contributed by atoms with Crippen molar-refractivity contribution in [3.8, 4) is 11.1 Å². The van der Waals surface area contributed by atoms with E-state index in [1.807, 2.05) is 38.1 Å². The summed E-state index contributed by atoms with van der Waals surface area (Å²) in [6.07, 6.45) is 3.09. The Hall–Kier alpha value is -4.14. The quantitative estimate of drug-likeness (QED) is 0.506. The number of anilines is 3. The first-order valence-corrected chi connectivity index (χ1v) is 9.56. The lowest BCUT2D eigenvalue weighted by atomic mass is 10.00. The molecule has 160 valence electrons. The molecule has 31 heavy (non-hydrogen) atoms. The second kappa shape index (κ2) is 9.12. The lowest BCUT2D eigenvalue weighted by molar-refractivity contribution is 0.102. The van der Waals surface area contributed by atoms with Crippen LogP contribution in [0.4, 0.5) is 22.0 Å². The van der Waals surface area contributed by atoms with Gasteiger partial charge in [0.25, 0.3) is 11.5 Å². The molecule has 3 rings (SSSR count). The van der Waals surface area contributed by atoms with Crippen molar-refractivity contribution in [2.75, 3.05) is 36.7 Å². The highest BCUT2D eigenvalue weighted by Gasteiger charge is 2.13. The Balaban J connectivity index is 1.88. The zero-order valence-corrected chi connectivity index (χ0v) is 17.7. The number of H-pyrrole nitrogens is 1. The van der Waals surface area contributed by atoms with Crippen molar-refractivity contribution in [2.24, 2.45) is 0 Å². The first-order valence-electron chi connectivity index (χ1n) is 9.56. The highest BCUT2D eigenvalue weighted by atomic mass is 16.2. The van der Waals surface area contributed by atoms with Crippen LogP contribution in [-0.2, 0) is 0 Å². The van der Waals surface area contributed by atoms with E-state index in [1.54, 1.807) is 30.5 Å². The Kier molecular flexibility index (Phi) is 6.35. The van der Waals surface area contributed by atoms with Crippen molar-refractivity contribution >= 4 is 29.1 Å². The fourth-order valence-electron chi connectivity index (χ4n) is 2.98. The summed E-state index contributed by atoms with van der Waals surface area (Å²) in [5.74, 6) is 0.482. The molecule has 2 aromatic heterocycles. The highest BCUT2D eigenvalue weighted by molar-refractivity contribution is 6.05. The summed E-state index contributed by atoms with van der Waals surface area (Å²) < 4.78 is 0. The number of hydrogen-bond acceptors (Lipinski definition) is 5. The molecule has 1 aromatic carbocycles. The third-order valence-corrected chi connectivity index (χ3v) is 4.74. The van der Waals surface area contributed by atoms with E-state index in [1.165, 1.54) is 13.2 Å². The SMILES string of the molecule is CNC(=O)Nc1cc(-c2cccc(NC(=O)c3ccc(N(C)C)nc3)c2C)c[nH]c1=O. The molecule has 3 aromatic rings. The van der Waals surface area contributed by atoms with Gasteiger partial charge in [-0.2, -0.15) is 0 Å². The maximum Gasteiger partial charge on any atom is 0.319 e. The van der Waals surface area contributed by atoms with Crippen molar-refractivity contribution in [1.29, 1.82) is 0 Å². The fourth-order valence-corrected chi connectivity index (χ4v) is 2.98. The Morgan fingerprint density at radius 1 is 1.06 bits per heavy atom. The maximum absolute atomic E-state index is 12.7. The zero-order chi connectivity index (χ0) is 22.5. The second-order valence-corrected chi connectivity index (χ2v) is 7.07. The Labute approximate surface area is 179 Å². The van der Waals surface area contributed by atoms with Crippen molar-refractivity contribution in [3.05, 3.63) is 70.3 Å². The Bertz CT molecular complexity index is 1170. The molecule has 0 saturated carbocycles. The topological polar surface area (TPSA) is 119 Å². The van der Waals surface area contributed by atoms with E-state index in [0.29, 0.717) is 16.8 Å². The second-order valence-electron chi connectivity index (χ2n) is 7.07. The molecule has 9 heteroatoms. The number of benzene rings is 1. The van der Waals surface area contributed by atoms with Crippen LogP contribution in [-0.4, -0.2) is 43.0 Å². The van der Waals surface area contributed by atoms with Gasteiger partial charge in [0.1, 0.15) is 11.5 Å². The van der Waals surface area contributed by atoms with Crippen LogP contribution in [0.15, 0.2) is 53.6 Å². The van der Waals surface area contributed by atoms with Crippen LogP contribution in [0.1, 0.15) is 15.9 Å². The monoisotopic (exact) mass is 420 g/mol. The number of nitrogens with one attached hydrogen (secondary N) is 4. The van der Waals surface area contributed by atoms with Gasteiger partial charge in [-0.3, -0.25) is 9.59 Å². The number of nitrogens with zero attached hydrogens (tertiary/aromatic N) is 2. The number of hydrogen-bond donors (Lipinski definition) is 4. The lowest BCUT2D eigenvalue weighted by Crippen LogP contribution is -2.27. The number of carbonyl (C=O) groups excluding carboxylic acids is 2. The number of carbonyl (C=O) groups is 2. The van der Waals surface area contributed by atoms with E-state index >= 15 is 0 Å². The largest absolute Gasteiger partial charge is 0.363 e. The molecule has 0 unspecified atom stereocenters. The smallest absolute Gasteiger partial charge is 0.319 e. The molecule has 9 nitrogen and oxygen atoms in total. The van der Waals surface area contributed by atoms with Gasteiger partial charge in [0.2, 0.25) is 0 Å². The number of aromatic nitrogens is 2. The van der Waals surface area contributed by atoms with Crippen LogP contribution >= 0.6 is 0 Å². The minimum Gasteiger partial charge on any atom is -0.363 e. The summed E-state index contributed by atoms with van der Waals surface area (Å²) in [7, 11) is 5.22. The number of amides is 3. The van der Waals surface area contributed by atoms with Crippen LogP contribution in [0.3, 0.4) is 0 Å². The van der Waals surface area contributed by atoms with Crippen molar-refractivity contribution in [2.45, 2.75) is 6.92 Å². The van der Waals surface area contributed by atoms with E-state index in [-0.39, 0.29) is 11.6 Å². The van der Waals surface area contributed by atoms with Crippen LogP contribution in [0.25, 0.3) is 11.1 Å². The highest BCUT2D eigenvalue weighted by Crippen LogP contribution is 2.29. The van der Waals surface area contributed by atoms with E-state index in [9.17, 15) is 14.4 Å². The lowest BCUT2D eigenvalue weighted by Gasteiger charge is -2.14. The molecule has 2 heterocycles. The minimum atomic E-state index is -0.491. The summed E-state index contributed by atoms with van der Waals surface area (Å²) >= 11 is 0. The van der Waals surface area contributed by atoms with Gasteiger partial charge in [-0.25, -0.2) is 9.78 Å². The number of urea groups is 1. The molecule has 0 fully saturated rings. The average Bonchev–Trinajstić information content (AvgIpc) is 2.76. The van der Waals surface area contributed by atoms with Crippen molar-refractivity contribution < 1.29 is 9.59 Å². The molecule has 0 atom stereocenters. The molecular weight excluding hydrogens is 396 g/mol. The predicted molar refractivity (Wildman–Crippen MR) is 122 cm³/mol. The Morgan fingerprint density at radius 2 is 1.84 bits per heavy atom. The van der Waals surface area contributed by atoms with Gasteiger partial charge in [0, 0.05) is 44.8 Å². The molecular formula is C22H24N6O3. The molecule has 0 saturated heterocycles. The summed E-state index contributed by atoms with van der Waals surface area (Å²) in [6.45, 7) is 1.87. The van der Waals surface area contributed by atoms with Crippen molar-refractivity contribution in [1.82, 2.24) is 15.3 Å². The molecule has 0 aliphatic rings. The third-order valence-electron chi connectivity index (χ3n) is 4.74. The summed E-state index contributed by atoms with van der Waals surface area (Å²) in [4.78, 5) is 45.0. The average molecular weight is 420 g/mol. The fraction of sp³-hybridized carbons (Fsp3) is 0.182. The molecule has 4 N–H and O–H groups in total. The molecule has 0 bridgehead atoms. The first kappa shape index (κ1) is 21.6. The third kappa shape index (κ3) is 4.89. The zero-order valence-electron chi connectivity index (χ0n) is 17.7. The molecule has 0 aliphatic heterocycles. The van der Waals surface area contributed by atoms with E-state index < -0.39 is 11.6 Å². The van der Waals surface area contributed by atoms with E-state index in [2.05, 4.69) is 25.9 Å². The van der Waals surface area contributed by atoms with Crippen LogP contribution in [0.5, 0.6) is 0 Å². The van der Waals surface area contributed by atoms with Gasteiger partial charge < -0.3 is 25.8 Å². The van der Waals surface area contributed by atoms with Gasteiger partial charge >= 0.3 is 6.03 Å². The normalized spacial score (nSPS) is 10.3. The first-order chi connectivity index (χ1) is 14.8. The van der Waals surface area contributed by atoms with Crippen LogP contribution in [0.2, 0.25) is 0 Å². The van der Waals surface area contributed by atoms with Crippen LogP contribution in [0, 0.1) is 6.92 Å². The molecule has 0 spiro atoms. The number of pyridine rings is 2. The maximum atomic E-state index is 12.7. The van der Waals surface area contributed by atoms with Gasteiger partial charge in [-0.1, -0.05) is 12.1 Å². The standard InChI is InChI=1S/C22H24N6O3/c1-13-16(15-10-18(21(30)25-12-15)27-22(31)23-2)6-5-7-17(13)26-20(29)14-8-9-19(24-11-14)28(3)4/h5-12H,1-4H3,(H,25,30)(H,26,29)(H2,23,27,31). The van der Waals surface area contributed by atoms with Gasteiger partial charge in [-0.05, 0) is 42.3 Å². The molecule has 3 amide bonds. The minimum absolute atomic E-state index is 0.123. The van der Waals surface area contributed by atoms with Gasteiger partial charge in [-0.15, -0.1) is 0 Å². The van der Waals surface area contributed by atoms with E-state index in [4.69, 9.17) is 0 Å².